The minimum atomic E-state index is -0.546. The van der Waals surface area contributed by atoms with Gasteiger partial charge in [0.1, 0.15) is 5.75 Å². The molecule has 0 saturated carbocycles. The molecule has 0 spiro atoms. The Balaban J connectivity index is 1.50. The quantitative estimate of drug-likeness (QED) is 0.526. The molecule has 162 valence electrons. The van der Waals surface area contributed by atoms with E-state index in [1.165, 1.54) is 6.07 Å². The normalized spacial score (nSPS) is 13.2. The second-order valence-electron chi connectivity index (χ2n) is 7.22. The van der Waals surface area contributed by atoms with Gasteiger partial charge in [0, 0.05) is 11.6 Å². The summed E-state index contributed by atoms with van der Waals surface area (Å²) in [4.78, 5) is 37.0. The number of fused-ring (bicyclic) bond motifs is 1. The molecule has 4 rings (SSSR count). The summed E-state index contributed by atoms with van der Waals surface area (Å²) in [5, 5.41) is 8.62. The molecule has 0 radical (unpaired) electrons. The molecule has 32 heavy (non-hydrogen) atoms. The Bertz CT molecular complexity index is 1150. The molecule has 3 N–H and O–H groups in total. The maximum atomic E-state index is 12.9. The van der Waals surface area contributed by atoms with Crippen LogP contribution in [0.15, 0.2) is 72.8 Å². The van der Waals surface area contributed by atoms with Crippen LogP contribution >= 0.6 is 11.6 Å². The summed E-state index contributed by atoms with van der Waals surface area (Å²) in [5.41, 5.74) is 2.11. The van der Waals surface area contributed by atoms with Crippen molar-refractivity contribution in [2.75, 3.05) is 17.2 Å². The van der Waals surface area contributed by atoms with Crippen LogP contribution in [0, 0.1) is 0 Å². The average Bonchev–Trinajstić information content (AvgIpc) is 2.80. The SMILES string of the molecule is O=C(CC(NC(=O)c1ccccc1)c1ccccc1)Nc1cc2c(cc1Cl)NC(=O)CO2. The number of amides is 3. The first-order valence-electron chi connectivity index (χ1n) is 9.96. The molecular weight excluding hydrogens is 430 g/mol. The van der Waals surface area contributed by atoms with Crippen LogP contribution in [-0.2, 0) is 9.59 Å². The maximum Gasteiger partial charge on any atom is 0.262 e. The van der Waals surface area contributed by atoms with Gasteiger partial charge in [-0.25, -0.2) is 0 Å². The number of hydrogen-bond donors (Lipinski definition) is 3. The van der Waals surface area contributed by atoms with Gasteiger partial charge in [-0.3, -0.25) is 14.4 Å². The van der Waals surface area contributed by atoms with Crippen LogP contribution in [0.1, 0.15) is 28.4 Å². The molecule has 0 bridgehead atoms. The van der Waals surface area contributed by atoms with Gasteiger partial charge in [-0.1, -0.05) is 60.1 Å². The van der Waals surface area contributed by atoms with E-state index in [0.29, 0.717) is 22.7 Å². The van der Waals surface area contributed by atoms with Gasteiger partial charge in [-0.15, -0.1) is 0 Å². The third kappa shape index (κ3) is 5.07. The molecule has 1 aliphatic rings. The van der Waals surface area contributed by atoms with E-state index in [2.05, 4.69) is 16.0 Å². The molecule has 8 heteroatoms. The average molecular weight is 450 g/mol. The second kappa shape index (κ2) is 9.53. The monoisotopic (exact) mass is 449 g/mol. The number of benzene rings is 3. The molecule has 0 aliphatic carbocycles. The minimum Gasteiger partial charge on any atom is -0.482 e. The van der Waals surface area contributed by atoms with Crippen LogP contribution in [0.2, 0.25) is 5.02 Å². The van der Waals surface area contributed by atoms with Crippen molar-refractivity contribution in [3.05, 3.63) is 88.9 Å². The second-order valence-corrected chi connectivity index (χ2v) is 7.63. The van der Waals surface area contributed by atoms with E-state index in [0.717, 1.165) is 5.56 Å². The van der Waals surface area contributed by atoms with Gasteiger partial charge in [0.25, 0.3) is 11.8 Å². The molecule has 7 nitrogen and oxygen atoms in total. The van der Waals surface area contributed by atoms with Crippen molar-refractivity contribution in [2.45, 2.75) is 12.5 Å². The van der Waals surface area contributed by atoms with Gasteiger partial charge >= 0.3 is 0 Å². The number of carbonyl (C=O) groups is 3. The van der Waals surface area contributed by atoms with Gasteiger partial charge < -0.3 is 20.7 Å². The van der Waals surface area contributed by atoms with Crippen LogP contribution in [0.5, 0.6) is 5.75 Å². The van der Waals surface area contributed by atoms with Crippen molar-refractivity contribution >= 4 is 40.7 Å². The summed E-state index contributed by atoms with van der Waals surface area (Å²) < 4.78 is 5.39. The van der Waals surface area contributed by atoms with E-state index in [4.69, 9.17) is 16.3 Å². The lowest BCUT2D eigenvalue weighted by atomic mass is 10.0. The predicted octanol–water partition coefficient (Wildman–Crippen LogP) is 4.17. The van der Waals surface area contributed by atoms with Crippen molar-refractivity contribution in [3.63, 3.8) is 0 Å². The highest BCUT2D eigenvalue weighted by Gasteiger charge is 2.22. The Morgan fingerprint density at radius 2 is 1.72 bits per heavy atom. The Kier molecular flexibility index (Phi) is 6.37. The van der Waals surface area contributed by atoms with Gasteiger partial charge in [0.05, 0.1) is 28.9 Å². The molecule has 1 unspecified atom stereocenters. The zero-order valence-electron chi connectivity index (χ0n) is 16.9. The van der Waals surface area contributed by atoms with Crippen LogP contribution in [0.25, 0.3) is 0 Å². The zero-order valence-corrected chi connectivity index (χ0v) is 17.7. The summed E-state index contributed by atoms with van der Waals surface area (Å²) in [7, 11) is 0. The molecule has 3 aromatic carbocycles. The van der Waals surface area contributed by atoms with Crippen LogP contribution in [0.4, 0.5) is 11.4 Å². The molecule has 0 aromatic heterocycles. The molecule has 3 aromatic rings. The molecular formula is C24H20ClN3O4. The third-order valence-electron chi connectivity index (χ3n) is 4.91. The Morgan fingerprint density at radius 3 is 2.44 bits per heavy atom. The van der Waals surface area contributed by atoms with E-state index in [9.17, 15) is 14.4 Å². The highest BCUT2D eigenvalue weighted by atomic mass is 35.5. The summed E-state index contributed by atoms with van der Waals surface area (Å²) >= 11 is 6.28. The Hall–Kier alpha value is -3.84. The van der Waals surface area contributed by atoms with Crippen LogP contribution < -0.4 is 20.7 Å². The molecule has 0 saturated heterocycles. The van der Waals surface area contributed by atoms with Crippen molar-refractivity contribution in [3.8, 4) is 5.75 Å². The first-order chi connectivity index (χ1) is 15.5. The van der Waals surface area contributed by atoms with Gasteiger partial charge in [0.2, 0.25) is 5.91 Å². The van der Waals surface area contributed by atoms with E-state index in [1.54, 1.807) is 30.3 Å². The smallest absolute Gasteiger partial charge is 0.262 e. The number of hydrogen-bond acceptors (Lipinski definition) is 4. The predicted molar refractivity (Wildman–Crippen MR) is 122 cm³/mol. The summed E-state index contributed by atoms with van der Waals surface area (Å²) in [6.45, 7) is -0.108. The Labute approximate surface area is 189 Å². The fourth-order valence-corrected chi connectivity index (χ4v) is 3.56. The topological polar surface area (TPSA) is 96.5 Å². The number of halogens is 1. The lowest BCUT2D eigenvalue weighted by Crippen LogP contribution is -2.31. The van der Waals surface area contributed by atoms with Crippen molar-refractivity contribution in [2.24, 2.45) is 0 Å². The minimum absolute atomic E-state index is 0.00636. The fraction of sp³-hybridized carbons (Fsp3) is 0.125. The van der Waals surface area contributed by atoms with Crippen LogP contribution in [-0.4, -0.2) is 24.3 Å². The molecule has 1 aliphatic heterocycles. The molecule has 1 heterocycles. The van der Waals surface area contributed by atoms with E-state index in [1.807, 2.05) is 36.4 Å². The maximum absolute atomic E-state index is 12.9. The van der Waals surface area contributed by atoms with Crippen LogP contribution in [0.3, 0.4) is 0 Å². The van der Waals surface area contributed by atoms with Gasteiger partial charge in [-0.05, 0) is 23.8 Å². The van der Waals surface area contributed by atoms with E-state index >= 15 is 0 Å². The zero-order chi connectivity index (χ0) is 22.5. The number of rotatable bonds is 6. The van der Waals surface area contributed by atoms with E-state index in [-0.39, 0.29) is 35.8 Å². The van der Waals surface area contributed by atoms with Crippen molar-refractivity contribution in [1.29, 1.82) is 0 Å². The summed E-state index contributed by atoms with van der Waals surface area (Å²) in [5.74, 6) is -0.469. The molecule has 0 fully saturated rings. The first kappa shape index (κ1) is 21.4. The highest BCUT2D eigenvalue weighted by molar-refractivity contribution is 6.34. The highest BCUT2D eigenvalue weighted by Crippen LogP contribution is 2.36. The largest absolute Gasteiger partial charge is 0.482 e. The lowest BCUT2D eigenvalue weighted by molar-refractivity contribution is -0.119. The summed E-state index contributed by atoms with van der Waals surface area (Å²) in [6.07, 6.45) is -0.00636. The standard InChI is InChI=1S/C24H20ClN3O4/c25-17-11-20-21(32-14-23(30)27-20)12-19(17)26-22(29)13-18(15-7-3-1-4-8-15)28-24(31)16-9-5-2-6-10-16/h1-12,18H,13-14H2,(H,26,29)(H,27,30)(H,28,31). The fourth-order valence-electron chi connectivity index (χ4n) is 3.35. The lowest BCUT2D eigenvalue weighted by Gasteiger charge is -2.21. The van der Waals surface area contributed by atoms with Crippen molar-refractivity contribution < 1.29 is 19.1 Å². The third-order valence-corrected chi connectivity index (χ3v) is 5.22. The van der Waals surface area contributed by atoms with Gasteiger partial charge in [-0.2, -0.15) is 0 Å². The van der Waals surface area contributed by atoms with Crippen molar-refractivity contribution in [1.82, 2.24) is 5.32 Å². The molecule has 3 amide bonds. The molecule has 1 atom stereocenters. The number of carbonyl (C=O) groups excluding carboxylic acids is 3. The number of anilines is 2. The van der Waals surface area contributed by atoms with E-state index < -0.39 is 6.04 Å². The number of nitrogens with one attached hydrogen (secondary N) is 3. The first-order valence-corrected chi connectivity index (χ1v) is 10.3. The van der Waals surface area contributed by atoms with Gasteiger partial charge in [0.15, 0.2) is 6.61 Å². The number of ether oxygens (including phenoxy) is 1. The summed E-state index contributed by atoms with van der Waals surface area (Å²) in [6, 6.07) is 20.6. The Morgan fingerprint density at radius 1 is 1.03 bits per heavy atom.